The molecule has 0 bridgehead atoms. The lowest BCUT2D eigenvalue weighted by Crippen LogP contribution is -2.28. The average Bonchev–Trinajstić information content (AvgIpc) is 3.24. The van der Waals surface area contributed by atoms with Gasteiger partial charge in [0.25, 0.3) is 5.91 Å². The molecular weight excluding hydrogens is 631 g/mol. The molecule has 1 amide bonds. The maximum atomic E-state index is 13.8. The average molecular weight is 661 g/mol. The highest BCUT2D eigenvalue weighted by Gasteiger charge is 2.35. The van der Waals surface area contributed by atoms with Gasteiger partial charge in [-0.05, 0) is 109 Å². The fourth-order valence-corrected chi connectivity index (χ4v) is 5.94. The van der Waals surface area contributed by atoms with E-state index in [1.807, 2.05) is 118 Å². The van der Waals surface area contributed by atoms with E-state index in [1.165, 1.54) is 11.8 Å². The van der Waals surface area contributed by atoms with E-state index < -0.39 is 0 Å². The molecule has 1 aliphatic rings. The number of hydrogen-bond acceptors (Lipinski definition) is 5. The first-order chi connectivity index (χ1) is 19.4. The predicted octanol–water partition coefficient (Wildman–Crippen LogP) is 8.69. The van der Waals surface area contributed by atoms with E-state index in [0.29, 0.717) is 34.8 Å². The van der Waals surface area contributed by atoms with Gasteiger partial charge in [0, 0.05) is 0 Å². The Labute approximate surface area is 253 Å². The van der Waals surface area contributed by atoms with Crippen molar-refractivity contribution in [1.29, 1.82) is 0 Å². The summed E-state index contributed by atoms with van der Waals surface area (Å²) in [6.45, 7) is 6.96. The van der Waals surface area contributed by atoms with Crippen LogP contribution in [0.5, 0.6) is 11.5 Å². The van der Waals surface area contributed by atoms with E-state index in [1.54, 1.807) is 4.90 Å². The van der Waals surface area contributed by atoms with Gasteiger partial charge >= 0.3 is 0 Å². The molecule has 0 N–H and O–H groups in total. The normalized spacial score (nSPS) is 15.2. The van der Waals surface area contributed by atoms with Crippen LogP contribution in [0.25, 0.3) is 6.08 Å². The molecule has 1 aliphatic heterocycles. The molecule has 1 saturated heterocycles. The van der Waals surface area contributed by atoms with E-state index in [0.717, 1.165) is 37.2 Å². The van der Waals surface area contributed by atoms with Gasteiger partial charge in [-0.1, -0.05) is 65.7 Å². The number of amides is 1. The number of aryl methyl sites for hydroxylation is 2. The molecule has 0 aromatic heterocycles. The van der Waals surface area contributed by atoms with Crippen molar-refractivity contribution < 1.29 is 14.3 Å². The van der Waals surface area contributed by atoms with Crippen molar-refractivity contribution in [3.63, 3.8) is 0 Å². The lowest BCUT2D eigenvalue weighted by atomic mass is 10.1. The third-order valence-electron chi connectivity index (χ3n) is 6.21. The first kappa shape index (κ1) is 28.0. The first-order valence-corrected chi connectivity index (χ1v) is 14.9. The molecule has 0 radical (unpaired) electrons. The molecule has 0 atom stereocenters. The fraction of sp³-hybridized carbons (Fsp3) is 0.152. The minimum Gasteiger partial charge on any atom is -0.490 e. The number of halogens is 1. The number of aliphatic imine (C=N–C) groups is 1. The van der Waals surface area contributed by atoms with Crippen LogP contribution in [0.15, 0.2) is 101 Å². The zero-order valence-corrected chi connectivity index (χ0v) is 25.5. The Kier molecular flexibility index (Phi) is 8.91. The second kappa shape index (κ2) is 12.7. The molecule has 4 aromatic rings. The van der Waals surface area contributed by atoms with Crippen molar-refractivity contribution in [3.05, 3.63) is 122 Å². The van der Waals surface area contributed by atoms with Crippen molar-refractivity contribution in [2.75, 3.05) is 11.5 Å². The second-order valence-electron chi connectivity index (χ2n) is 9.35. The molecule has 1 heterocycles. The zero-order chi connectivity index (χ0) is 28.1. The smallest absolute Gasteiger partial charge is 0.271 e. The highest BCUT2D eigenvalue weighted by Crippen LogP contribution is 2.40. The number of ether oxygens (including phenoxy) is 2. The highest BCUT2D eigenvalue weighted by atomic mass is 127. The predicted molar refractivity (Wildman–Crippen MR) is 174 cm³/mol. The number of carbonyl (C=O) groups is 1. The number of carbonyl (C=O) groups excluding carboxylic acids is 1. The van der Waals surface area contributed by atoms with Crippen LogP contribution in [-0.2, 0) is 11.4 Å². The molecule has 0 spiro atoms. The van der Waals surface area contributed by atoms with Crippen LogP contribution in [-0.4, -0.2) is 17.7 Å². The van der Waals surface area contributed by atoms with Crippen molar-refractivity contribution in [1.82, 2.24) is 0 Å². The molecule has 1 fully saturated rings. The standard InChI is InChI=1S/C33H29IN2O3S/c1-4-38-29-19-25(18-28(34)31(29)39-21-24-8-6-5-7-9-24)20-30-32(37)36(27-16-12-23(3)13-17-27)33(40-30)35-26-14-10-22(2)11-15-26/h5-20H,4,21H2,1-3H3/b30-20-,35-33?. The monoisotopic (exact) mass is 660 g/mol. The van der Waals surface area contributed by atoms with Crippen molar-refractivity contribution >= 4 is 62.9 Å². The van der Waals surface area contributed by atoms with E-state index in [4.69, 9.17) is 14.5 Å². The number of hydrogen-bond donors (Lipinski definition) is 0. The van der Waals surface area contributed by atoms with Gasteiger partial charge in [0.05, 0.1) is 26.5 Å². The topological polar surface area (TPSA) is 51.1 Å². The van der Waals surface area contributed by atoms with E-state index in [-0.39, 0.29) is 5.91 Å². The largest absolute Gasteiger partial charge is 0.490 e. The number of thioether (sulfide) groups is 1. The molecule has 40 heavy (non-hydrogen) atoms. The summed E-state index contributed by atoms with van der Waals surface area (Å²) in [4.78, 5) is 20.9. The second-order valence-corrected chi connectivity index (χ2v) is 11.5. The lowest BCUT2D eigenvalue weighted by molar-refractivity contribution is -0.113. The Bertz CT molecular complexity index is 1570. The zero-order valence-electron chi connectivity index (χ0n) is 22.6. The minimum atomic E-state index is -0.114. The molecule has 5 rings (SSSR count). The summed E-state index contributed by atoms with van der Waals surface area (Å²) < 4.78 is 13.0. The number of amidine groups is 1. The molecule has 202 valence electrons. The van der Waals surface area contributed by atoms with E-state index in [2.05, 4.69) is 22.6 Å². The Morgan fingerprint density at radius 1 is 0.900 bits per heavy atom. The van der Waals surface area contributed by atoms with Gasteiger partial charge in [-0.2, -0.15) is 0 Å². The Balaban J connectivity index is 1.49. The maximum Gasteiger partial charge on any atom is 0.271 e. The van der Waals surface area contributed by atoms with Gasteiger partial charge in [-0.3, -0.25) is 9.69 Å². The number of anilines is 1. The number of benzene rings is 4. The van der Waals surface area contributed by atoms with Crippen LogP contribution in [0, 0.1) is 17.4 Å². The quantitative estimate of drug-likeness (QED) is 0.140. The third-order valence-corrected chi connectivity index (χ3v) is 7.98. The van der Waals surface area contributed by atoms with Crippen LogP contribution < -0.4 is 14.4 Å². The van der Waals surface area contributed by atoms with Gasteiger partial charge in [0.1, 0.15) is 6.61 Å². The number of rotatable bonds is 8. The van der Waals surface area contributed by atoms with Crippen molar-refractivity contribution in [2.24, 2.45) is 4.99 Å². The van der Waals surface area contributed by atoms with Gasteiger partial charge in [-0.25, -0.2) is 4.99 Å². The summed E-state index contributed by atoms with van der Waals surface area (Å²) >= 11 is 3.63. The van der Waals surface area contributed by atoms with E-state index >= 15 is 0 Å². The van der Waals surface area contributed by atoms with Crippen molar-refractivity contribution in [3.8, 4) is 11.5 Å². The summed E-state index contributed by atoms with van der Waals surface area (Å²) in [6.07, 6.45) is 1.90. The summed E-state index contributed by atoms with van der Waals surface area (Å²) in [5, 5.41) is 0.617. The molecule has 0 unspecified atom stereocenters. The van der Waals surface area contributed by atoms with Crippen LogP contribution in [0.2, 0.25) is 0 Å². The van der Waals surface area contributed by atoms with Gasteiger partial charge in [-0.15, -0.1) is 0 Å². The van der Waals surface area contributed by atoms with Gasteiger partial charge in [0.2, 0.25) is 0 Å². The van der Waals surface area contributed by atoms with E-state index in [9.17, 15) is 4.79 Å². The Hall–Kier alpha value is -3.56. The maximum absolute atomic E-state index is 13.8. The minimum absolute atomic E-state index is 0.114. The first-order valence-electron chi connectivity index (χ1n) is 13.0. The summed E-state index contributed by atoms with van der Waals surface area (Å²) in [5.41, 5.74) is 5.81. The molecule has 7 heteroatoms. The Morgan fingerprint density at radius 2 is 1.57 bits per heavy atom. The number of nitrogens with zero attached hydrogens (tertiary/aromatic N) is 2. The fourth-order valence-electron chi connectivity index (χ4n) is 4.16. The highest BCUT2D eigenvalue weighted by molar-refractivity contribution is 14.1. The Morgan fingerprint density at radius 3 is 2.25 bits per heavy atom. The molecule has 4 aromatic carbocycles. The van der Waals surface area contributed by atoms with Gasteiger partial charge in [0.15, 0.2) is 16.7 Å². The van der Waals surface area contributed by atoms with Gasteiger partial charge < -0.3 is 9.47 Å². The van der Waals surface area contributed by atoms with Crippen LogP contribution in [0.3, 0.4) is 0 Å². The van der Waals surface area contributed by atoms with Crippen molar-refractivity contribution in [2.45, 2.75) is 27.4 Å². The summed E-state index contributed by atoms with van der Waals surface area (Å²) in [5.74, 6) is 1.23. The summed E-state index contributed by atoms with van der Waals surface area (Å²) in [7, 11) is 0. The van der Waals surface area contributed by atoms with Crippen LogP contribution in [0.1, 0.15) is 29.2 Å². The summed E-state index contributed by atoms with van der Waals surface area (Å²) in [6, 6.07) is 29.9. The molecule has 5 nitrogen and oxygen atoms in total. The molecule has 0 saturated carbocycles. The SMILES string of the molecule is CCOc1cc(/C=C2\SC(=Nc3ccc(C)cc3)N(c3ccc(C)cc3)C2=O)cc(I)c1OCc1ccccc1. The van der Waals surface area contributed by atoms with Crippen LogP contribution >= 0.6 is 34.4 Å². The lowest BCUT2D eigenvalue weighted by Gasteiger charge is -2.16. The van der Waals surface area contributed by atoms with Crippen LogP contribution in [0.4, 0.5) is 11.4 Å². The molecular formula is C33H29IN2O3S. The molecule has 0 aliphatic carbocycles. The third kappa shape index (κ3) is 6.59.